The van der Waals surface area contributed by atoms with Crippen molar-refractivity contribution in [3.8, 4) is 5.75 Å². The van der Waals surface area contributed by atoms with Gasteiger partial charge in [-0.25, -0.2) is 4.39 Å². The van der Waals surface area contributed by atoms with E-state index >= 15 is 0 Å². The van der Waals surface area contributed by atoms with Crippen molar-refractivity contribution in [2.24, 2.45) is 0 Å². The maximum absolute atomic E-state index is 13.0. The van der Waals surface area contributed by atoms with Crippen molar-refractivity contribution in [2.45, 2.75) is 12.8 Å². The van der Waals surface area contributed by atoms with Crippen LogP contribution >= 0.6 is 0 Å². The molecule has 0 aliphatic carbocycles. The fourth-order valence-corrected chi connectivity index (χ4v) is 1.01. The molecule has 0 aliphatic heterocycles. The number of allylic oxidation sites excluding steroid dienone is 1. The molecule has 3 heteroatoms. The third-order valence-corrected chi connectivity index (χ3v) is 1.73. The van der Waals surface area contributed by atoms with Crippen LogP contribution in [0.3, 0.4) is 0 Å². The van der Waals surface area contributed by atoms with Gasteiger partial charge >= 0.3 is 0 Å². The van der Waals surface area contributed by atoms with Gasteiger partial charge in [0.15, 0.2) is 11.6 Å². The van der Waals surface area contributed by atoms with Gasteiger partial charge in [0.05, 0.1) is 6.61 Å². The molecule has 0 aliphatic rings. The highest BCUT2D eigenvalue weighted by atomic mass is 19.2. The lowest BCUT2D eigenvalue weighted by molar-refractivity contribution is 0.291. The van der Waals surface area contributed by atoms with E-state index in [0.717, 1.165) is 18.9 Å². The Kier molecular flexibility index (Phi) is 4.11. The van der Waals surface area contributed by atoms with Crippen LogP contribution in [-0.2, 0) is 0 Å². The standard InChI is InChI=1S/C11H12F2O/c1-2-3-4-8-14-10-7-5-6-9(12)11(10)13/h2,5-7H,1,3-4,8H2. The minimum absolute atomic E-state index is 0.0333. The fourth-order valence-electron chi connectivity index (χ4n) is 1.01. The van der Waals surface area contributed by atoms with E-state index in [1.54, 1.807) is 6.08 Å². The lowest BCUT2D eigenvalue weighted by atomic mass is 10.3. The van der Waals surface area contributed by atoms with Gasteiger partial charge in [-0.2, -0.15) is 4.39 Å². The van der Waals surface area contributed by atoms with Crippen molar-refractivity contribution in [2.75, 3.05) is 6.61 Å². The van der Waals surface area contributed by atoms with Crippen molar-refractivity contribution in [3.05, 3.63) is 42.5 Å². The smallest absolute Gasteiger partial charge is 0.200 e. The minimum Gasteiger partial charge on any atom is -0.490 e. The monoisotopic (exact) mass is 198 g/mol. The van der Waals surface area contributed by atoms with Crippen LogP contribution in [0.5, 0.6) is 5.75 Å². The maximum Gasteiger partial charge on any atom is 0.200 e. The lowest BCUT2D eigenvalue weighted by Gasteiger charge is -2.06. The van der Waals surface area contributed by atoms with Crippen molar-refractivity contribution in [1.29, 1.82) is 0 Å². The van der Waals surface area contributed by atoms with Gasteiger partial charge in [0.25, 0.3) is 0 Å². The Hall–Kier alpha value is -1.38. The van der Waals surface area contributed by atoms with Crippen molar-refractivity contribution >= 4 is 0 Å². The molecule has 0 radical (unpaired) electrons. The summed E-state index contributed by atoms with van der Waals surface area (Å²) in [5, 5.41) is 0. The molecule has 0 atom stereocenters. The van der Waals surface area contributed by atoms with E-state index in [0.29, 0.717) is 6.61 Å². The van der Waals surface area contributed by atoms with E-state index < -0.39 is 11.6 Å². The van der Waals surface area contributed by atoms with Crippen LogP contribution < -0.4 is 4.74 Å². The molecule has 0 unspecified atom stereocenters. The van der Waals surface area contributed by atoms with Crippen molar-refractivity contribution < 1.29 is 13.5 Å². The molecule has 76 valence electrons. The lowest BCUT2D eigenvalue weighted by Crippen LogP contribution is -1.99. The van der Waals surface area contributed by atoms with E-state index in [2.05, 4.69) is 6.58 Å². The van der Waals surface area contributed by atoms with Crippen molar-refractivity contribution in [1.82, 2.24) is 0 Å². The third kappa shape index (κ3) is 2.83. The summed E-state index contributed by atoms with van der Waals surface area (Å²) >= 11 is 0. The number of hydrogen-bond acceptors (Lipinski definition) is 1. The van der Waals surface area contributed by atoms with Crippen LogP contribution in [0.25, 0.3) is 0 Å². The number of unbranched alkanes of at least 4 members (excludes halogenated alkanes) is 1. The molecule has 0 amide bonds. The van der Waals surface area contributed by atoms with Gasteiger partial charge in [0.2, 0.25) is 5.82 Å². The van der Waals surface area contributed by atoms with Gasteiger partial charge in [0, 0.05) is 0 Å². The van der Waals surface area contributed by atoms with Crippen LogP contribution in [0.4, 0.5) is 8.78 Å². The molecule has 0 spiro atoms. The SMILES string of the molecule is C=CCCCOc1cccc(F)c1F. The van der Waals surface area contributed by atoms with Crippen LogP contribution in [0.15, 0.2) is 30.9 Å². The van der Waals surface area contributed by atoms with Crippen LogP contribution in [0.2, 0.25) is 0 Å². The number of benzene rings is 1. The van der Waals surface area contributed by atoms with E-state index in [9.17, 15) is 8.78 Å². The molecular weight excluding hydrogens is 186 g/mol. The first-order valence-corrected chi connectivity index (χ1v) is 4.43. The Labute approximate surface area is 82.0 Å². The minimum atomic E-state index is -0.925. The second-order valence-corrected chi connectivity index (χ2v) is 2.83. The Morgan fingerprint density at radius 2 is 2.14 bits per heavy atom. The third-order valence-electron chi connectivity index (χ3n) is 1.73. The summed E-state index contributed by atoms with van der Waals surface area (Å²) in [4.78, 5) is 0. The average Bonchev–Trinajstić information content (AvgIpc) is 2.19. The summed E-state index contributed by atoms with van der Waals surface area (Å²) in [5.74, 6) is -1.84. The predicted octanol–water partition coefficient (Wildman–Crippen LogP) is 3.31. The molecule has 0 heterocycles. The highest BCUT2D eigenvalue weighted by Crippen LogP contribution is 2.19. The Morgan fingerprint density at radius 3 is 2.86 bits per heavy atom. The highest BCUT2D eigenvalue weighted by Gasteiger charge is 2.07. The second kappa shape index (κ2) is 5.37. The molecule has 1 aromatic carbocycles. The zero-order valence-corrected chi connectivity index (χ0v) is 7.80. The Morgan fingerprint density at radius 1 is 1.36 bits per heavy atom. The van der Waals surface area contributed by atoms with E-state index in [-0.39, 0.29) is 5.75 Å². The molecule has 1 aromatic rings. The topological polar surface area (TPSA) is 9.23 Å². The number of ether oxygens (including phenoxy) is 1. The molecule has 1 nitrogen and oxygen atoms in total. The van der Waals surface area contributed by atoms with Gasteiger partial charge in [-0.05, 0) is 25.0 Å². The van der Waals surface area contributed by atoms with Gasteiger partial charge < -0.3 is 4.74 Å². The molecular formula is C11H12F2O. The molecule has 0 saturated carbocycles. The van der Waals surface area contributed by atoms with E-state index in [1.807, 2.05) is 0 Å². The number of halogens is 2. The highest BCUT2D eigenvalue weighted by molar-refractivity contribution is 5.24. The summed E-state index contributed by atoms with van der Waals surface area (Å²) in [7, 11) is 0. The Balaban J connectivity index is 2.50. The summed E-state index contributed by atoms with van der Waals surface area (Å²) < 4.78 is 30.7. The summed E-state index contributed by atoms with van der Waals surface area (Å²) in [6, 6.07) is 3.89. The molecule has 1 rings (SSSR count). The predicted molar refractivity (Wildman–Crippen MR) is 51.3 cm³/mol. The Bertz CT molecular complexity index is 310. The first kappa shape index (κ1) is 10.7. The number of hydrogen-bond donors (Lipinski definition) is 0. The largest absolute Gasteiger partial charge is 0.490 e. The molecule has 0 fully saturated rings. The zero-order valence-electron chi connectivity index (χ0n) is 7.80. The number of rotatable bonds is 5. The van der Waals surface area contributed by atoms with E-state index in [4.69, 9.17) is 4.74 Å². The van der Waals surface area contributed by atoms with Crippen LogP contribution in [0, 0.1) is 11.6 Å². The summed E-state index contributed by atoms with van der Waals surface area (Å²) in [6.07, 6.45) is 3.31. The van der Waals surface area contributed by atoms with Gasteiger partial charge in [-0.1, -0.05) is 12.1 Å². The maximum atomic E-state index is 13.0. The normalized spacial score (nSPS) is 9.86. The van der Waals surface area contributed by atoms with Gasteiger partial charge in [-0.3, -0.25) is 0 Å². The molecule has 0 aromatic heterocycles. The zero-order chi connectivity index (χ0) is 10.4. The second-order valence-electron chi connectivity index (χ2n) is 2.83. The molecule has 0 saturated heterocycles. The van der Waals surface area contributed by atoms with Crippen LogP contribution in [0.1, 0.15) is 12.8 Å². The van der Waals surface area contributed by atoms with Gasteiger partial charge in [0.1, 0.15) is 0 Å². The average molecular weight is 198 g/mol. The van der Waals surface area contributed by atoms with E-state index in [1.165, 1.54) is 12.1 Å². The summed E-state index contributed by atoms with van der Waals surface area (Å²) in [5.41, 5.74) is 0. The first-order valence-electron chi connectivity index (χ1n) is 4.43. The summed E-state index contributed by atoms with van der Waals surface area (Å²) in [6.45, 7) is 3.91. The molecule has 14 heavy (non-hydrogen) atoms. The van der Waals surface area contributed by atoms with Crippen LogP contribution in [-0.4, -0.2) is 6.61 Å². The first-order chi connectivity index (χ1) is 6.75. The quantitative estimate of drug-likeness (QED) is 0.521. The fraction of sp³-hybridized carbons (Fsp3) is 0.273. The molecule has 0 bridgehead atoms. The molecule has 0 N–H and O–H groups in total. The van der Waals surface area contributed by atoms with Crippen molar-refractivity contribution in [3.63, 3.8) is 0 Å². The van der Waals surface area contributed by atoms with Gasteiger partial charge in [-0.15, -0.1) is 6.58 Å².